The Balaban J connectivity index is 1.80. The Labute approximate surface area is 121 Å². The van der Waals surface area contributed by atoms with Crippen molar-refractivity contribution in [1.29, 1.82) is 0 Å². The Kier molecular flexibility index (Phi) is 3.47. The lowest BCUT2D eigenvalue weighted by atomic mass is 10.2. The van der Waals surface area contributed by atoms with Gasteiger partial charge in [-0.2, -0.15) is 0 Å². The molecule has 0 aliphatic heterocycles. The van der Waals surface area contributed by atoms with Crippen LogP contribution in [0.3, 0.4) is 0 Å². The number of aromatic nitrogens is 4. The number of nitrogens with zero attached hydrogens (tertiary/aromatic N) is 4. The van der Waals surface area contributed by atoms with E-state index in [4.69, 9.17) is 5.73 Å². The van der Waals surface area contributed by atoms with Crippen LogP contribution in [0, 0.1) is 6.92 Å². The van der Waals surface area contributed by atoms with E-state index < -0.39 is 0 Å². The van der Waals surface area contributed by atoms with Crippen LogP contribution in [0.15, 0.2) is 36.2 Å². The minimum Gasteiger partial charge on any atom is -0.384 e. The number of hydrogen-bond donors (Lipinski definition) is 1. The average Bonchev–Trinajstić information content (AvgIpc) is 3.05. The molecular formula is C14H15N5S. The van der Waals surface area contributed by atoms with Crippen LogP contribution in [0.5, 0.6) is 0 Å². The lowest BCUT2D eigenvalue weighted by molar-refractivity contribution is 0.692. The Morgan fingerprint density at radius 1 is 1.40 bits per heavy atom. The summed E-state index contributed by atoms with van der Waals surface area (Å²) in [6, 6.07) is 3.80. The normalized spacial score (nSPS) is 10.8. The van der Waals surface area contributed by atoms with E-state index in [1.807, 2.05) is 31.6 Å². The molecule has 0 atom stereocenters. The van der Waals surface area contributed by atoms with Crippen molar-refractivity contribution in [3.8, 4) is 11.3 Å². The molecule has 3 rings (SSSR count). The monoisotopic (exact) mass is 285 g/mol. The number of thiazole rings is 1. The summed E-state index contributed by atoms with van der Waals surface area (Å²) < 4.78 is 2.11. The van der Waals surface area contributed by atoms with E-state index in [1.165, 1.54) is 0 Å². The van der Waals surface area contributed by atoms with Gasteiger partial charge in [0, 0.05) is 30.1 Å². The summed E-state index contributed by atoms with van der Waals surface area (Å²) >= 11 is 1.68. The van der Waals surface area contributed by atoms with E-state index in [0.717, 1.165) is 34.9 Å². The molecule has 0 aromatic carbocycles. The number of nitrogens with two attached hydrogens (primary N) is 1. The van der Waals surface area contributed by atoms with Gasteiger partial charge in [0.05, 0.1) is 28.9 Å². The molecule has 3 heterocycles. The fourth-order valence-corrected chi connectivity index (χ4v) is 2.75. The first kappa shape index (κ1) is 12.8. The first-order chi connectivity index (χ1) is 9.72. The van der Waals surface area contributed by atoms with Gasteiger partial charge >= 0.3 is 0 Å². The third-order valence-electron chi connectivity index (χ3n) is 3.06. The zero-order valence-electron chi connectivity index (χ0n) is 11.2. The highest BCUT2D eigenvalue weighted by atomic mass is 32.1. The molecule has 6 heteroatoms. The average molecular weight is 285 g/mol. The van der Waals surface area contributed by atoms with Crippen LogP contribution in [0.4, 0.5) is 5.82 Å². The maximum Gasteiger partial charge on any atom is 0.123 e. The summed E-state index contributed by atoms with van der Waals surface area (Å²) in [6.07, 6.45) is 6.30. The quantitative estimate of drug-likeness (QED) is 0.799. The second kappa shape index (κ2) is 5.42. The minimum atomic E-state index is 0.519. The highest BCUT2D eigenvalue weighted by Crippen LogP contribution is 2.20. The molecule has 0 spiro atoms. The molecule has 0 radical (unpaired) electrons. The summed E-state index contributed by atoms with van der Waals surface area (Å²) in [7, 11) is 0. The first-order valence-corrected chi connectivity index (χ1v) is 7.23. The van der Waals surface area contributed by atoms with Gasteiger partial charge in [0.25, 0.3) is 0 Å². The van der Waals surface area contributed by atoms with E-state index >= 15 is 0 Å². The molecular weight excluding hydrogens is 270 g/mol. The number of aryl methyl sites for hydroxylation is 3. The van der Waals surface area contributed by atoms with Gasteiger partial charge < -0.3 is 10.3 Å². The van der Waals surface area contributed by atoms with Gasteiger partial charge in [0.1, 0.15) is 5.82 Å². The number of anilines is 1. The van der Waals surface area contributed by atoms with Crippen LogP contribution in [-0.4, -0.2) is 19.5 Å². The van der Waals surface area contributed by atoms with Crippen LogP contribution in [0.2, 0.25) is 0 Å². The number of pyridine rings is 1. The molecule has 20 heavy (non-hydrogen) atoms. The van der Waals surface area contributed by atoms with Gasteiger partial charge in [-0.3, -0.25) is 0 Å². The van der Waals surface area contributed by atoms with Crippen LogP contribution in [0.25, 0.3) is 11.3 Å². The molecule has 0 saturated heterocycles. The molecule has 0 fully saturated rings. The maximum atomic E-state index is 5.73. The Bertz CT molecular complexity index is 716. The van der Waals surface area contributed by atoms with Crippen molar-refractivity contribution in [3.05, 3.63) is 46.9 Å². The van der Waals surface area contributed by atoms with E-state index in [1.54, 1.807) is 17.5 Å². The molecule has 2 N–H and O–H groups in total. The van der Waals surface area contributed by atoms with E-state index in [-0.39, 0.29) is 0 Å². The molecule has 5 nitrogen and oxygen atoms in total. The predicted molar refractivity (Wildman–Crippen MR) is 80.4 cm³/mol. The maximum absolute atomic E-state index is 5.73. The number of rotatable bonds is 4. The third-order valence-corrected chi connectivity index (χ3v) is 3.89. The Morgan fingerprint density at radius 3 is 3.05 bits per heavy atom. The lowest BCUT2D eigenvalue weighted by Gasteiger charge is -2.07. The zero-order valence-corrected chi connectivity index (χ0v) is 12.0. The summed E-state index contributed by atoms with van der Waals surface area (Å²) in [5.41, 5.74) is 8.94. The van der Waals surface area contributed by atoms with Gasteiger partial charge in [0.2, 0.25) is 0 Å². The number of nitrogen functional groups attached to an aromatic ring is 1. The standard InChI is InChI=1S/C14H15N5S/c1-10-18-12(8-20-10)3-5-19-9-16-7-13(19)11-2-4-17-14(15)6-11/h2,4,6-9H,3,5H2,1H3,(H2,15,17). The Morgan fingerprint density at radius 2 is 2.30 bits per heavy atom. The molecule has 0 aliphatic carbocycles. The van der Waals surface area contributed by atoms with Crippen LogP contribution < -0.4 is 5.73 Å². The molecule has 0 bridgehead atoms. The third kappa shape index (κ3) is 2.70. The Hall–Kier alpha value is -2.21. The number of hydrogen-bond acceptors (Lipinski definition) is 5. The van der Waals surface area contributed by atoms with Gasteiger partial charge in [-0.25, -0.2) is 15.0 Å². The molecule has 0 aliphatic rings. The lowest BCUT2D eigenvalue weighted by Crippen LogP contribution is -2.02. The van der Waals surface area contributed by atoms with Crippen molar-refractivity contribution in [2.75, 3.05) is 5.73 Å². The summed E-state index contributed by atoms with van der Waals surface area (Å²) in [6.45, 7) is 2.87. The molecule has 3 aromatic heterocycles. The molecule has 0 amide bonds. The van der Waals surface area contributed by atoms with E-state index in [0.29, 0.717) is 5.82 Å². The van der Waals surface area contributed by atoms with Crippen molar-refractivity contribution in [2.24, 2.45) is 0 Å². The largest absolute Gasteiger partial charge is 0.384 e. The van der Waals surface area contributed by atoms with Gasteiger partial charge in [-0.1, -0.05) is 0 Å². The highest BCUT2D eigenvalue weighted by molar-refractivity contribution is 7.09. The molecule has 3 aromatic rings. The first-order valence-electron chi connectivity index (χ1n) is 6.35. The van der Waals surface area contributed by atoms with E-state index in [9.17, 15) is 0 Å². The summed E-state index contributed by atoms with van der Waals surface area (Å²) in [4.78, 5) is 12.7. The molecule has 102 valence electrons. The van der Waals surface area contributed by atoms with Crippen molar-refractivity contribution >= 4 is 17.2 Å². The predicted octanol–water partition coefficient (Wildman–Crippen LogP) is 2.53. The van der Waals surface area contributed by atoms with Gasteiger partial charge in [-0.15, -0.1) is 11.3 Å². The minimum absolute atomic E-state index is 0.519. The summed E-state index contributed by atoms with van der Waals surface area (Å²) in [5, 5.41) is 3.21. The molecule has 0 saturated carbocycles. The smallest absolute Gasteiger partial charge is 0.123 e. The van der Waals surface area contributed by atoms with Crippen molar-refractivity contribution in [3.63, 3.8) is 0 Å². The van der Waals surface area contributed by atoms with E-state index in [2.05, 4.69) is 24.9 Å². The topological polar surface area (TPSA) is 69.6 Å². The zero-order chi connectivity index (χ0) is 13.9. The number of imidazole rings is 1. The van der Waals surface area contributed by atoms with Crippen LogP contribution in [-0.2, 0) is 13.0 Å². The second-order valence-electron chi connectivity index (χ2n) is 4.55. The fourth-order valence-electron chi connectivity index (χ4n) is 2.11. The van der Waals surface area contributed by atoms with Crippen molar-refractivity contribution < 1.29 is 0 Å². The van der Waals surface area contributed by atoms with Crippen molar-refractivity contribution in [1.82, 2.24) is 19.5 Å². The second-order valence-corrected chi connectivity index (χ2v) is 5.61. The van der Waals surface area contributed by atoms with Crippen LogP contribution >= 0.6 is 11.3 Å². The molecule has 0 unspecified atom stereocenters. The van der Waals surface area contributed by atoms with Gasteiger partial charge in [0.15, 0.2) is 0 Å². The fraction of sp³-hybridized carbons (Fsp3) is 0.214. The highest BCUT2D eigenvalue weighted by Gasteiger charge is 2.07. The van der Waals surface area contributed by atoms with Crippen molar-refractivity contribution in [2.45, 2.75) is 19.9 Å². The summed E-state index contributed by atoms with van der Waals surface area (Å²) in [5.74, 6) is 0.519. The van der Waals surface area contributed by atoms with Gasteiger partial charge in [-0.05, 0) is 19.1 Å². The van der Waals surface area contributed by atoms with Crippen LogP contribution in [0.1, 0.15) is 10.7 Å². The SMILES string of the molecule is Cc1nc(CCn2cncc2-c2ccnc(N)c2)cs1.